The molecule has 0 bridgehead atoms. The molecule has 0 heterocycles. The number of ether oxygens (including phenoxy) is 1. The van der Waals surface area contributed by atoms with Crippen molar-refractivity contribution in [2.24, 2.45) is 0 Å². The van der Waals surface area contributed by atoms with Crippen LogP contribution in [0.15, 0.2) is 40.9 Å². The summed E-state index contributed by atoms with van der Waals surface area (Å²) in [5.41, 5.74) is 6.72. The molecule has 0 saturated heterocycles. The van der Waals surface area contributed by atoms with E-state index in [-0.39, 0.29) is 5.69 Å². The Balaban J connectivity index is 2.35. The van der Waals surface area contributed by atoms with Crippen LogP contribution in [-0.2, 0) is 0 Å². The fourth-order valence-electron chi connectivity index (χ4n) is 1.41. The lowest BCUT2D eigenvalue weighted by molar-refractivity contribution is 0.477. The molecule has 88 valence electrons. The first-order valence-electron chi connectivity index (χ1n) is 5.06. The second-order valence-corrected chi connectivity index (χ2v) is 4.54. The Bertz CT molecular complexity index is 557. The second kappa shape index (κ2) is 4.75. The normalized spacial score (nSPS) is 10.3. The fraction of sp³-hybridized carbons (Fsp3) is 0.0769. The van der Waals surface area contributed by atoms with E-state index in [1.165, 1.54) is 6.07 Å². The van der Waals surface area contributed by atoms with Crippen molar-refractivity contribution >= 4 is 21.6 Å². The third-order valence-corrected chi connectivity index (χ3v) is 2.94. The molecule has 0 saturated carbocycles. The Morgan fingerprint density at radius 1 is 1.18 bits per heavy atom. The van der Waals surface area contributed by atoms with Crippen molar-refractivity contribution in [2.75, 3.05) is 5.73 Å². The number of nitrogen functional groups attached to an aromatic ring is 1. The molecule has 2 rings (SSSR count). The third-order valence-electron chi connectivity index (χ3n) is 2.32. The van der Waals surface area contributed by atoms with E-state index in [1.807, 2.05) is 25.1 Å². The zero-order chi connectivity index (χ0) is 12.4. The smallest absolute Gasteiger partial charge is 0.153 e. The number of benzene rings is 2. The molecule has 2 N–H and O–H groups in total. The molecule has 4 heteroatoms. The predicted octanol–water partition coefficient (Wildman–Crippen LogP) is 4.27. The average Bonchev–Trinajstić information content (AvgIpc) is 2.28. The summed E-state index contributed by atoms with van der Waals surface area (Å²) in [6, 6.07) is 10.1. The summed E-state index contributed by atoms with van der Waals surface area (Å²) >= 11 is 3.39. The molecule has 0 fully saturated rings. The summed E-state index contributed by atoms with van der Waals surface area (Å²) < 4.78 is 19.6. The summed E-state index contributed by atoms with van der Waals surface area (Å²) in [6.07, 6.45) is 0. The highest BCUT2D eigenvalue weighted by Crippen LogP contribution is 2.33. The Morgan fingerprint density at radius 3 is 2.65 bits per heavy atom. The molecule has 0 spiro atoms. The maximum Gasteiger partial charge on any atom is 0.153 e. The van der Waals surface area contributed by atoms with Crippen molar-refractivity contribution in [3.8, 4) is 11.5 Å². The van der Waals surface area contributed by atoms with Crippen LogP contribution in [0.2, 0.25) is 0 Å². The zero-order valence-corrected chi connectivity index (χ0v) is 10.8. The Hall–Kier alpha value is -1.55. The van der Waals surface area contributed by atoms with Gasteiger partial charge in [-0.05, 0) is 52.7 Å². The molecule has 2 aromatic rings. The minimum absolute atomic E-state index is 0.0139. The molecule has 0 aliphatic heterocycles. The number of nitrogens with two attached hydrogens (primary N) is 1. The van der Waals surface area contributed by atoms with E-state index in [9.17, 15) is 4.39 Å². The van der Waals surface area contributed by atoms with Gasteiger partial charge in [0.1, 0.15) is 17.3 Å². The predicted molar refractivity (Wildman–Crippen MR) is 69.8 cm³/mol. The molecule has 2 aromatic carbocycles. The monoisotopic (exact) mass is 295 g/mol. The van der Waals surface area contributed by atoms with Gasteiger partial charge in [-0.3, -0.25) is 0 Å². The van der Waals surface area contributed by atoms with Gasteiger partial charge in [-0.1, -0.05) is 12.1 Å². The molecule has 0 aliphatic rings. The van der Waals surface area contributed by atoms with E-state index in [0.717, 1.165) is 10.0 Å². The van der Waals surface area contributed by atoms with Crippen molar-refractivity contribution in [2.45, 2.75) is 6.92 Å². The van der Waals surface area contributed by atoms with E-state index in [1.54, 1.807) is 12.1 Å². The minimum Gasteiger partial charge on any atom is -0.454 e. The van der Waals surface area contributed by atoms with Crippen LogP contribution in [0.5, 0.6) is 11.5 Å². The Kier molecular flexibility index (Phi) is 3.33. The van der Waals surface area contributed by atoms with E-state index in [4.69, 9.17) is 10.5 Å². The number of hydrogen-bond acceptors (Lipinski definition) is 2. The first-order valence-corrected chi connectivity index (χ1v) is 5.85. The van der Waals surface area contributed by atoms with Crippen molar-refractivity contribution < 1.29 is 9.13 Å². The molecule has 0 amide bonds. The SMILES string of the molecule is Cc1ccc(Oc2cccc(F)c2N)c(Br)c1. The van der Waals surface area contributed by atoms with Gasteiger partial charge in [-0.2, -0.15) is 0 Å². The third kappa shape index (κ3) is 2.58. The van der Waals surface area contributed by atoms with Crippen LogP contribution in [0, 0.1) is 12.7 Å². The summed E-state index contributed by atoms with van der Waals surface area (Å²) in [5, 5.41) is 0. The van der Waals surface area contributed by atoms with Crippen molar-refractivity contribution in [1.82, 2.24) is 0 Å². The minimum atomic E-state index is -0.481. The number of anilines is 1. The van der Waals surface area contributed by atoms with Gasteiger partial charge in [0, 0.05) is 0 Å². The van der Waals surface area contributed by atoms with Gasteiger partial charge in [0.25, 0.3) is 0 Å². The van der Waals surface area contributed by atoms with Gasteiger partial charge in [-0.15, -0.1) is 0 Å². The molecular weight excluding hydrogens is 285 g/mol. The molecular formula is C13H11BrFNO. The Labute approximate surface area is 107 Å². The Morgan fingerprint density at radius 2 is 1.94 bits per heavy atom. The van der Waals surface area contributed by atoms with E-state index in [2.05, 4.69) is 15.9 Å². The van der Waals surface area contributed by atoms with E-state index < -0.39 is 5.82 Å². The van der Waals surface area contributed by atoms with Crippen molar-refractivity contribution in [3.05, 3.63) is 52.3 Å². The molecule has 17 heavy (non-hydrogen) atoms. The standard InChI is InChI=1S/C13H11BrFNO/c1-8-5-6-11(9(14)7-8)17-12-4-2-3-10(15)13(12)16/h2-7H,16H2,1H3. The number of hydrogen-bond donors (Lipinski definition) is 1. The van der Waals surface area contributed by atoms with Crippen LogP contribution in [0.1, 0.15) is 5.56 Å². The number of aryl methyl sites for hydroxylation is 1. The van der Waals surface area contributed by atoms with E-state index in [0.29, 0.717) is 11.5 Å². The fourth-order valence-corrected chi connectivity index (χ4v) is 1.99. The van der Waals surface area contributed by atoms with Crippen molar-refractivity contribution in [1.29, 1.82) is 0 Å². The average molecular weight is 296 g/mol. The van der Waals surface area contributed by atoms with E-state index >= 15 is 0 Å². The highest BCUT2D eigenvalue weighted by molar-refractivity contribution is 9.10. The second-order valence-electron chi connectivity index (χ2n) is 3.69. The molecule has 0 unspecified atom stereocenters. The number of rotatable bonds is 2. The first kappa shape index (κ1) is 11.9. The number of para-hydroxylation sites is 1. The highest BCUT2D eigenvalue weighted by atomic mass is 79.9. The summed E-state index contributed by atoms with van der Waals surface area (Å²) in [6.45, 7) is 1.98. The first-order chi connectivity index (χ1) is 8.08. The topological polar surface area (TPSA) is 35.2 Å². The molecule has 0 atom stereocenters. The number of halogens is 2. The molecule has 0 aromatic heterocycles. The lowest BCUT2D eigenvalue weighted by Gasteiger charge is -2.10. The molecule has 0 radical (unpaired) electrons. The lowest BCUT2D eigenvalue weighted by atomic mass is 10.2. The van der Waals surface area contributed by atoms with Gasteiger partial charge < -0.3 is 10.5 Å². The van der Waals surface area contributed by atoms with Crippen LogP contribution in [0.3, 0.4) is 0 Å². The lowest BCUT2D eigenvalue weighted by Crippen LogP contribution is -1.95. The highest BCUT2D eigenvalue weighted by Gasteiger charge is 2.08. The van der Waals surface area contributed by atoms with Crippen LogP contribution >= 0.6 is 15.9 Å². The van der Waals surface area contributed by atoms with Crippen molar-refractivity contribution in [3.63, 3.8) is 0 Å². The van der Waals surface area contributed by atoms with Gasteiger partial charge in [0.2, 0.25) is 0 Å². The van der Waals surface area contributed by atoms with Crippen LogP contribution in [-0.4, -0.2) is 0 Å². The van der Waals surface area contributed by atoms with Crippen LogP contribution in [0.25, 0.3) is 0 Å². The largest absolute Gasteiger partial charge is 0.454 e. The van der Waals surface area contributed by atoms with Crippen LogP contribution < -0.4 is 10.5 Å². The van der Waals surface area contributed by atoms with Gasteiger partial charge >= 0.3 is 0 Å². The summed E-state index contributed by atoms with van der Waals surface area (Å²) in [5.74, 6) is 0.438. The maximum atomic E-state index is 13.2. The maximum absolute atomic E-state index is 13.2. The molecule has 0 aliphatic carbocycles. The van der Waals surface area contributed by atoms with Gasteiger partial charge in [0.05, 0.1) is 4.47 Å². The van der Waals surface area contributed by atoms with Crippen LogP contribution in [0.4, 0.5) is 10.1 Å². The quantitative estimate of drug-likeness (QED) is 0.840. The van der Waals surface area contributed by atoms with Gasteiger partial charge in [0.15, 0.2) is 5.75 Å². The van der Waals surface area contributed by atoms with Gasteiger partial charge in [-0.25, -0.2) is 4.39 Å². The zero-order valence-electron chi connectivity index (χ0n) is 9.21. The summed E-state index contributed by atoms with van der Waals surface area (Å²) in [4.78, 5) is 0. The molecule has 2 nitrogen and oxygen atoms in total. The summed E-state index contributed by atoms with van der Waals surface area (Å²) in [7, 11) is 0.